The van der Waals surface area contributed by atoms with Gasteiger partial charge in [0, 0.05) is 32.3 Å². The molecule has 108 valence electrons. The van der Waals surface area contributed by atoms with E-state index in [1.54, 1.807) is 7.11 Å². The van der Waals surface area contributed by atoms with Gasteiger partial charge in [-0.1, -0.05) is 19.9 Å². The topological polar surface area (TPSA) is 37.4 Å². The van der Waals surface area contributed by atoms with Crippen LogP contribution < -0.4 is 10.2 Å². The fourth-order valence-corrected chi connectivity index (χ4v) is 1.86. The van der Waals surface area contributed by atoms with Gasteiger partial charge < -0.3 is 15.0 Å². The molecule has 0 aliphatic carbocycles. The van der Waals surface area contributed by atoms with Crippen molar-refractivity contribution in [2.75, 3.05) is 25.2 Å². The molecule has 19 heavy (non-hydrogen) atoms. The maximum atomic E-state index is 5.17. The Labute approximate surface area is 117 Å². The van der Waals surface area contributed by atoms with Gasteiger partial charge in [0.1, 0.15) is 5.82 Å². The molecule has 1 aromatic heterocycles. The highest BCUT2D eigenvalue weighted by molar-refractivity contribution is 5.40. The molecule has 0 aliphatic rings. The summed E-state index contributed by atoms with van der Waals surface area (Å²) in [4.78, 5) is 6.99. The largest absolute Gasteiger partial charge is 0.383 e. The minimum atomic E-state index is 0.413. The molecule has 0 bridgehead atoms. The number of pyridine rings is 1. The summed E-state index contributed by atoms with van der Waals surface area (Å²) in [6.45, 7) is 11.0. The van der Waals surface area contributed by atoms with Crippen LogP contribution in [-0.4, -0.2) is 37.3 Å². The van der Waals surface area contributed by atoms with Crippen molar-refractivity contribution in [1.29, 1.82) is 0 Å². The Balaban J connectivity index is 2.76. The van der Waals surface area contributed by atoms with Crippen LogP contribution in [0.25, 0.3) is 0 Å². The monoisotopic (exact) mass is 265 g/mol. The van der Waals surface area contributed by atoms with E-state index in [0.717, 1.165) is 24.6 Å². The summed E-state index contributed by atoms with van der Waals surface area (Å²) in [5, 5.41) is 3.39. The number of ether oxygens (including phenoxy) is 1. The zero-order chi connectivity index (χ0) is 14.3. The van der Waals surface area contributed by atoms with Crippen molar-refractivity contribution in [3.05, 3.63) is 23.9 Å². The SMILES string of the molecule is COCCN(c1cccc(CNC(C)C)n1)C(C)C. The Morgan fingerprint density at radius 1 is 1.26 bits per heavy atom. The highest BCUT2D eigenvalue weighted by atomic mass is 16.5. The molecular weight excluding hydrogens is 238 g/mol. The lowest BCUT2D eigenvalue weighted by Crippen LogP contribution is -2.34. The first-order chi connectivity index (χ1) is 9.04. The lowest BCUT2D eigenvalue weighted by molar-refractivity contribution is 0.203. The van der Waals surface area contributed by atoms with Gasteiger partial charge in [-0.25, -0.2) is 4.98 Å². The number of nitrogens with one attached hydrogen (secondary N) is 1. The Kier molecular flexibility index (Phi) is 6.81. The fraction of sp³-hybridized carbons (Fsp3) is 0.667. The predicted octanol–water partition coefficient (Wildman–Crippen LogP) is 2.44. The van der Waals surface area contributed by atoms with E-state index in [9.17, 15) is 0 Å². The van der Waals surface area contributed by atoms with E-state index < -0.39 is 0 Å². The van der Waals surface area contributed by atoms with E-state index >= 15 is 0 Å². The van der Waals surface area contributed by atoms with E-state index in [-0.39, 0.29) is 0 Å². The van der Waals surface area contributed by atoms with Crippen molar-refractivity contribution in [2.45, 2.75) is 46.3 Å². The van der Waals surface area contributed by atoms with Gasteiger partial charge >= 0.3 is 0 Å². The van der Waals surface area contributed by atoms with E-state index in [1.165, 1.54) is 0 Å². The average molecular weight is 265 g/mol. The summed E-state index contributed by atoms with van der Waals surface area (Å²) in [7, 11) is 1.73. The maximum Gasteiger partial charge on any atom is 0.129 e. The zero-order valence-corrected chi connectivity index (χ0v) is 12.8. The lowest BCUT2D eigenvalue weighted by atomic mass is 10.2. The van der Waals surface area contributed by atoms with Crippen LogP contribution in [0.4, 0.5) is 5.82 Å². The molecule has 0 saturated carbocycles. The van der Waals surface area contributed by atoms with Crippen LogP contribution >= 0.6 is 0 Å². The molecule has 0 radical (unpaired) electrons. The molecule has 1 heterocycles. The first kappa shape index (κ1) is 15.9. The molecule has 0 amide bonds. The molecule has 4 nitrogen and oxygen atoms in total. The number of methoxy groups -OCH3 is 1. The van der Waals surface area contributed by atoms with Crippen molar-refractivity contribution in [1.82, 2.24) is 10.3 Å². The molecule has 0 aromatic carbocycles. The number of anilines is 1. The summed E-state index contributed by atoms with van der Waals surface area (Å²) >= 11 is 0. The molecule has 0 saturated heterocycles. The van der Waals surface area contributed by atoms with Gasteiger partial charge in [0.25, 0.3) is 0 Å². The van der Waals surface area contributed by atoms with E-state index in [0.29, 0.717) is 18.7 Å². The highest BCUT2D eigenvalue weighted by Gasteiger charge is 2.12. The van der Waals surface area contributed by atoms with Crippen LogP contribution in [-0.2, 0) is 11.3 Å². The molecule has 0 atom stereocenters. The predicted molar refractivity (Wildman–Crippen MR) is 80.6 cm³/mol. The van der Waals surface area contributed by atoms with Crippen LogP contribution in [0, 0.1) is 0 Å². The summed E-state index contributed by atoms with van der Waals surface area (Å²) in [6, 6.07) is 7.08. The van der Waals surface area contributed by atoms with E-state index in [4.69, 9.17) is 9.72 Å². The zero-order valence-electron chi connectivity index (χ0n) is 12.8. The summed E-state index contributed by atoms with van der Waals surface area (Å²) in [5.74, 6) is 1.02. The average Bonchev–Trinajstić information content (AvgIpc) is 2.37. The van der Waals surface area contributed by atoms with E-state index in [1.807, 2.05) is 0 Å². The molecule has 1 rings (SSSR count). The Hall–Kier alpha value is -1.13. The van der Waals surface area contributed by atoms with Crippen molar-refractivity contribution in [3.63, 3.8) is 0 Å². The number of nitrogens with zero attached hydrogens (tertiary/aromatic N) is 2. The molecule has 0 unspecified atom stereocenters. The van der Waals surface area contributed by atoms with Crippen LogP contribution in [0.15, 0.2) is 18.2 Å². The van der Waals surface area contributed by atoms with Gasteiger partial charge in [0.15, 0.2) is 0 Å². The van der Waals surface area contributed by atoms with Crippen molar-refractivity contribution in [2.24, 2.45) is 0 Å². The van der Waals surface area contributed by atoms with Gasteiger partial charge in [0.05, 0.1) is 12.3 Å². The third-order valence-electron chi connectivity index (χ3n) is 2.94. The highest BCUT2D eigenvalue weighted by Crippen LogP contribution is 2.14. The van der Waals surface area contributed by atoms with Crippen molar-refractivity contribution < 1.29 is 4.74 Å². The molecule has 1 N–H and O–H groups in total. The van der Waals surface area contributed by atoms with Crippen molar-refractivity contribution in [3.8, 4) is 0 Å². The fourth-order valence-electron chi connectivity index (χ4n) is 1.86. The summed E-state index contributed by atoms with van der Waals surface area (Å²) in [5.41, 5.74) is 1.08. The van der Waals surface area contributed by atoms with Crippen molar-refractivity contribution >= 4 is 5.82 Å². The van der Waals surface area contributed by atoms with Crippen LogP contribution in [0.2, 0.25) is 0 Å². The molecule has 0 spiro atoms. The maximum absolute atomic E-state index is 5.17. The first-order valence-corrected chi connectivity index (χ1v) is 6.99. The van der Waals surface area contributed by atoms with Gasteiger partial charge in [-0.3, -0.25) is 0 Å². The molecule has 0 fully saturated rings. The molecule has 4 heteroatoms. The van der Waals surface area contributed by atoms with Gasteiger partial charge in [-0.05, 0) is 26.0 Å². The third-order valence-corrected chi connectivity index (χ3v) is 2.94. The van der Waals surface area contributed by atoms with Crippen LogP contribution in [0.1, 0.15) is 33.4 Å². The second-order valence-corrected chi connectivity index (χ2v) is 5.30. The molecular formula is C15H27N3O. The van der Waals surface area contributed by atoms with Gasteiger partial charge in [0.2, 0.25) is 0 Å². The minimum Gasteiger partial charge on any atom is -0.383 e. The number of rotatable bonds is 8. The standard InChI is InChI=1S/C15H27N3O/c1-12(2)16-11-14-7-6-8-15(17-14)18(13(3)4)9-10-19-5/h6-8,12-13,16H,9-11H2,1-5H3. The summed E-state index contributed by atoms with van der Waals surface area (Å²) in [6.07, 6.45) is 0. The van der Waals surface area contributed by atoms with Gasteiger partial charge in [-0.2, -0.15) is 0 Å². The lowest BCUT2D eigenvalue weighted by Gasteiger charge is -2.28. The minimum absolute atomic E-state index is 0.413. The molecule has 1 aromatic rings. The second kappa shape index (κ2) is 8.12. The van der Waals surface area contributed by atoms with E-state index in [2.05, 4.69) is 56.1 Å². The number of aromatic nitrogens is 1. The Morgan fingerprint density at radius 2 is 2.00 bits per heavy atom. The normalized spacial score (nSPS) is 11.3. The number of hydrogen-bond donors (Lipinski definition) is 1. The molecule has 0 aliphatic heterocycles. The van der Waals surface area contributed by atoms with Crippen LogP contribution in [0.3, 0.4) is 0 Å². The third kappa shape index (κ3) is 5.57. The van der Waals surface area contributed by atoms with Crippen LogP contribution in [0.5, 0.6) is 0 Å². The second-order valence-electron chi connectivity index (χ2n) is 5.30. The quantitative estimate of drug-likeness (QED) is 0.783. The first-order valence-electron chi connectivity index (χ1n) is 6.99. The Bertz CT molecular complexity index is 366. The smallest absolute Gasteiger partial charge is 0.129 e. The summed E-state index contributed by atoms with van der Waals surface area (Å²) < 4.78 is 5.17. The number of hydrogen-bond acceptors (Lipinski definition) is 4. The van der Waals surface area contributed by atoms with Gasteiger partial charge in [-0.15, -0.1) is 0 Å². The Morgan fingerprint density at radius 3 is 2.58 bits per heavy atom.